The van der Waals surface area contributed by atoms with Crippen LogP contribution in [0.15, 0.2) is 0 Å². The molecular weight excluding hydrogens is 232 g/mol. The van der Waals surface area contributed by atoms with Gasteiger partial charge in [-0.2, -0.15) is 0 Å². The van der Waals surface area contributed by atoms with E-state index in [2.05, 4.69) is 0 Å². The Bertz CT molecular complexity index is 268. The topological polar surface area (TPSA) is 80.3 Å². The molecule has 0 spiro atoms. The van der Waals surface area contributed by atoms with Crippen LogP contribution in [-0.2, 0) is 9.59 Å². The Morgan fingerprint density at radius 1 is 1.06 bits per heavy atom. The number of carboxylic acid groups (broad SMARTS) is 2. The van der Waals surface area contributed by atoms with Crippen LogP contribution < -0.4 is 10.2 Å². The van der Waals surface area contributed by atoms with Crippen molar-refractivity contribution in [3.8, 4) is 0 Å². The zero-order valence-electron chi connectivity index (χ0n) is 10.5. The average Bonchev–Trinajstić information content (AvgIpc) is 2.18. The number of rotatable bonds is 4. The minimum atomic E-state index is -1.82. The van der Waals surface area contributed by atoms with Crippen molar-refractivity contribution in [3.63, 3.8) is 0 Å². The first-order chi connectivity index (χ1) is 7.44. The Morgan fingerprint density at radius 2 is 1.47 bits per heavy atom. The summed E-state index contributed by atoms with van der Waals surface area (Å²) in [5, 5.41) is 22.5. The summed E-state index contributed by atoms with van der Waals surface area (Å²) in [5.41, 5.74) is -1.82. The number of carboxylic acids is 2. The Hall–Kier alpha value is -0.294. The van der Waals surface area contributed by atoms with Crippen LogP contribution in [0.1, 0.15) is 46.0 Å². The number of carbonyl (C=O) groups excluding carboxylic acids is 2. The molecule has 4 nitrogen and oxygen atoms in total. The summed E-state index contributed by atoms with van der Waals surface area (Å²) in [7, 11) is 0. The molecule has 1 aliphatic rings. The van der Waals surface area contributed by atoms with E-state index >= 15 is 0 Å². The molecule has 0 aromatic heterocycles. The molecule has 0 heterocycles. The largest absolute Gasteiger partial charge is 2.00 e. The quantitative estimate of drug-likeness (QED) is 0.489. The molecule has 0 bridgehead atoms. The molecule has 0 atom stereocenters. The van der Waals surface area contributed by atoms with Crippen LogP contribution in [0.4, 0.5) is 0 Å². The van der Waals surface area contributed by atoms with Crippen molar-refractivity contribution in [2.24, 2.45) is 17.3 Å². The second-order valence-corrected chi connectivity index (χ2v) is 4.93. The van der Waals surface area contributed by atoms with Gasteiger partial charge in [0.1, 0.15) is 0 Å². The fourth-order valence-electron chi connectivity index (χ4n) is 2.92. The predicted molar refractivity (Wildman–Crippen MR) is 59.6 cm³/mol. The average molecular weight is 251 g/mol. The van der Waals surface area contributed by atoms with Crippen LogP contribution in [0.2, 0.25) is 0 Å². The van der Waals surface area contributed by atoms with Crippen LogP contribution in [-0.4, -0.2) is 35.0 Å². The van der Waals surface area contributed by atoms with E-state index in [-0.39, 0.29) is 29.0 Å². The van der Waals surface area contributed by atoms with E-state index in [1.54, 1.807) is 13.8 Å². The number of hydrogen-bond donors (Lipinski definition) is 0. The predicted octanol–water partition coefficient (Wildman–Crippen LogP) is -0.672. The van der Waals surface area contributed by atoms with Gasteiger partial charge in [-0.05, 0) is 24.7 Å². The molecule has 1 aliphatic carbocycles. The number of hydrogen-bond acceptors (Lipinski definition) is 4. The fraction of sp³-hybridized carbons (Fsp3) is 0.833. The maximum Gasteiger partial charge on any atom is 2.00 e. The number of aliphatic carboxylic acids is 2. The molecule has 1 saturated carbocycles. The molecule has 17 heavy (non-hydrogen) atoms. The summed E-state index contributed by atoms with van der Waals surface area (Å²) in [5.74, 6) is -3.84. The Morgan fingerprint density at radius 3 is 1.76 bits per heavy atom. The van der Waals surface area contributed by atoms with Gasteiger partial charge in [-0.1, -0.05) is 33.1 Å². The smallest absolute Gasteiger partial charge is 0.549 e. The standard InChI is InChI=1S/C12H20O4.Mg/c1-8(2)12(10(13)14,11(15)16)9-6-4-3-5-7-9;/h8-9H,3-7H2,1-2H3,(H,13,14)(H,15,16);/q;+2/p-2. The van der Waals surface area contributed by atoms with E-state index in [4.69, 9.17) is 0 Å². The summed E-state index contributed by atoms with van der Waals surface area (Å²) in [4.78, 5) is 22.5. The molecule has 0 aliphatic heterocycles. The first-order valence-electron chi connectivity index (χ1n) is 5.87. The van der Waals surface area contributed by atoms with Gasteiger partial charge in [0.15, 0.2) is 0 Å². The van der Waals surface area contributed by atoms with Crippen molar-refractivity contribution in [2.75, 3.05) is 0 Å². The Kier molecular flexibility index (Phi) is 6.47. The van der Waals surface area contributed by atoms with E-state index in [9.17, 15) is 19.8 Å². The molecule has 92 valence electrons. The van der Waals surface area contributed by atoms with E-state index in [0.29, 0.717) is 12.8 Å². The molecule has 0 N–H and O–H groups in total. The van der Waals surface area contributed by atoms with Crippen LogP contribution in [0.25, 0.3) is 0 Å². The van der Waals surface area contributed by atoms with Crippen molar-refractivity contribution in [1.29, 1.82) is 0 Å². The summed E-state index contributed by atoms with van der Waals surface area (Å²) in [6.45, 7) is 3.22. The van der Waals surface area contributed by atoms with Gasteiger partial charge in [0.05, 0.1) is 17.4 Å². The van der Waals surface area contributed by atoms with Gasteiger partial charge < -0.3 is 19.8 Å². The summed E-state index contributed by atoms with van der Waals surface area (Å²) in [6, 6.07) is 0. The van der Waals surface area contributed by atoms with E-state index < -0.39 is 23.3 Å². The van der Waals surface area contributed by atoms with E-state index in [0.717, 1.165) is 19.3 Å². The maximum atomic E-state index is 11.3. The van der Waals surface area contributed by atoms with Crippen LogP contribution >= 0.6 is 0 Å². The van der Waals surface area contributed by atoms with Crippen molar-refractivity contribution >= 4 is 35.0 Å². The van der Waals surface area contributed by atoms with Crippen LogP contribution in [0.3, 0.4) is 0 Å². The van der Waals surface area contributed by atoms with Crippen molar-refractivity contribution in [1.82, 2.24) is 0 Å². The molecular formula is C12H18MgO4. The second kappa shape index (κ2) is 6.59. The third kappa shape index (κ3) is 2.94. The molecule has 1 fully saturated rings. The van der Waals surface area contributed by atoms with E-state index in [1.165, 1.54) is 0 Å². The Labute approximate surface area is 118 Å². The molecule has 0 radical (unpaired) electrons. The molecule has 5 heteroatoms. The zero-order chi connectivity index (χ0) is 12.3. The van der Waals surface area contributed by atoms with Crippen LogP contribution in [0.5, 0.6) is 0 Å². The van der Waals surface area contributed by atoms with Gasteiger partial charge in [-0.25, -0.2) is 0 Å². The van der Waals surface area contributed by atoms with Gasteiger partial charge in [-0.3, -0.25) is 0 Å². The van der Waals surface area contributed by atoms with E-state index in [1.807, 2.05) is 0 Å². The van der Waals surface area contributed by atoms with Gasteiger partial charge >= 0.3 is 23.1 Å². The fourth-order valence-corrected chi connectivity index (χ4v) is 2.92. The van der Waals surface area contributed by atoms with Gasteiger partial charge in [0, 0.05) is 0 Å². The molecule has 0 aromatic rings. The molecule has 0 aromatic carbocycles. The molecule has 0 saturated heterocycles. The van der Waals surface area contributed by atoms with Gasteiger partial charge in [0.2, 0.25) is 0 Å². The minimum absolute atomic E-state index is 0. The molecule has 1 rings (SSSR count). The minimum Gasteiger partial charge on any atom is -0.549 e. The van der Waals surface area contributed by atoms with Gasteiger partial charge in [-0.15, -0.1) is 0 Å². The Balaban J connectivity index is 0.00000256. The van der Waals surface area contributed by atoms with Gasteiger partial charge in [0.25, 0.3) is 0 Å². The van der Waals surface area contributed by atoms with Crippen molar-refractivity contribution in [3.05, 3.63) is 0 Å². The SMILES string of the molecule is CC(C)C(C(=O)[O-])(C(=O)[O-])C1CCCCC1.[Mg+2]. The normalized spacial score (nSPS) is 17.6. The second-order valence-electron chi connectivity index (χ2n) is 4.93. The monoisotopic (exact) mass is 250 g/mol. The summed E-state index contributed by atoms with van der Waals surface area (Å²) < 4.78 is 0. The third-order valence-electron chi connectivity index (χ3n) is 3.84. The van der Waals surface area contributed by atoms with Crippen molar-refractivity contribution < 1.29 is 19.8 Å². The maximum absolute atomic E-state index is 11.3. The number of carbonyl (C=O) groups is 2. The summed E-state index contributed by atoms with van der Waals surface area (Å²) in [6.07, 6.45) is 4.10. The van der Waals surface area contributed by atoms with Crippen LogP contribution in [0, 0.1) is 17.3 Å². The van der Waals surface area contributed by atoms with Crippen molar-refractivity contribution in [2.45, 2.75) is 46.0 Å². The first-order valence-corrected chi connectivity index (χ1v) is 5.87. The molecule has 0 unspecified atom stereocenters. The first kappa shape index (κ1) is 16.7. The zero-order valence-corrected chi connectivity index (χ0v) is 11.9. The third-order valence-corrected chi connectivity index (χ3v) is 3.84. The molecule has 0 amide bonds. The summed E-state index contributed by atoms with van der Waals surface area (Å²) >= 11 is 0.